The highest BCUT2D eigenvalue weighted by molar-refractivity contribution is 5.76. The molecular weight excluding hydrogens is 164 g/mol. The summed E-state index contributed by atoms with van der Waals surface area (Å²) in [6.07, 6.45) is 7.51. The summed E-state index contributed by atoms with van der Waals surface area (Å²) in [5.41, 5.74) is -0.175. The second-order valence-corrected chi connectivity index (χ2v) is 4.10. The van der Waals surface area contributed by atoms with Crippen molar-refractivity contribution in [2.24, 2.45) is 0 Å². The zero-order chi connectivity index (χ0) is 9.90. The molecule has 0 saturated heterocycles. The van der Waals surface area contributed by atoms with Crippen molar-refractivity contribution in [1.82, 2.24) is 10.2 Å². The predicted molar refractivity (Wildman–Crippen MR) is 53.3 cm³/mol. The van der Waals surface area contributed by atoms with Crippen LogP contribution < -0.4 is 5.32 Å². The van der Waals surface area contributed by atoms with Gasteiger partial charge in [-0.2, -0.15) is 0 Å². The van der Waals surface area contributed by atoms with Crippen molar-refractivity contribution < 1.29 is 4.79 Å². The largest absolute Gasteiger partial charge is 0.333 e. The lowest BCUT2D eigenvalue weighted by Gasteiger charge is -2.26. The van der Waals surface area contributed by atoms with E-state index in [1.165, 1.54) is 0 Å². The smallest absolute Gasteiger partial charge is 0.322 e. The van der Waals surface area contributed by atoms with Crippen molar-refractivity contribution in [1.29, 1.82) is 0 Å². The van der Waals surface area contributed by atoms with Crippen LogP contribution in [-0.4, -0.2) is 23.0 Å². The van der Waals surface area contributed by atoms with Crippen LogP contribution in [0.4, 0.5) is 4.79 Å². The summed E-state index contributed by atoms with van der Waals surface area (Å²) >= 11 is 0. The van der Waals surface area contributed by atoms with Crippen LogP contribution in [0.25, 0.3) is 0 Å². The number of carbonyl (C=O) groups is 1. The van der Waals surface area contributed by atoms with E-state index in [2.05, 4.69) is 5.32 Å². The molecule has 72 valence electrons. The lowest BCUT2D eigenvalue weighted by Crippen LogP contribution is -2.47. The summed E-state index contributed by atoms with van der Waals surface area (Å²) in [5, 5.41) is 2.89. The maximum atomic E-state index is 11.5. The molecule has 0 aromatic heterocycles. The van der Waals surface area contributed by atoms with Gasteiger partial charge in [0, 0.05) is 18.3 Å². The van der Waals surface area contributed by atoms with Gasteiger partial charge in [0.2, 0.25) is 0 Å². The summed E-state index contributed by atoms with van der Waals surface area (Å²) in [4.78, 5) is 13.2. The Morgan fingerprint density at radius 1 is 1.38 bits per heavy atom. The van der Waals surface area contributed by atoms with Gasteiger partial charge in [-0.3, -0.25) is 4.90 Å². The fourth-order valence-corrected chi connectivity index (χ4v) is 1.01. The summed E-state index contributed by atoms with van der Waals surface area (Å²) in [7, 11) is 0. The van der Waals surface area contributed by atoms with Gasteiger partial charge in [0.05, 0.1) is 0 Å². The maximum absolute atomic E-state index is 11.5. The molecule has 1 N–H and O–H groups in total. The van der Waals surface area contributed by atoms with Gasteiger partial charge < -0.3 is 5.32 Å². The van der Waals surface area contributed by atoms with Gasteiger partial charge in [-0.25, -0.2) is 4.79 Å². The summed E-state index contributed by atoms with van der Waals surface area (Å²) in [5.74, 6) is 0. The summed E-state index contributed by atoms with van der Waals surface area (Å²) in [6.45, 7) is 6.55. The molecule has 0 radical (unpaired) electrons. The van der Waals surface area contributed by atoms with Crippen LogP contribution in [0.15, 0.2) is 24.4 Å². The third-order valence-corrected chi connectivity index (χ3v) is 1.56. The molecule has 1 rings (SSSR count). The molecular formula is C10H16N2O. The molecule has 0 bridgehead atoms. The van der Waals surface area contributed by atoms with Gasteiger partial charge in [0.15, 0.2) is 0 Å². The number of amides is 2. The van der Waals surface area contributed by atoms with E-state index in [-0.39, 0.29) is 11.6 Å². The lowest BCUT2D eigenvalue weighted by molar-refractivity contribution is 0.209. The standard InChI is InChI=1S/C10H16N2O/c1-10(2,3)11-9(13)12-7-5-4-6-8-12/h4-7H,8H2,1-3H3,(H,11,13). The average molecular weight is 180 g/mol. The number of hydrogen-bond donors (Lipinski definition) is 1. The maximum Gasteiger partial charge on any atom is 0.322 e. The highest BCUT2D eigenvalue weighted by atomic mass is 16.2. The van der Waals surface area contributed by atoms with Gasteiger partial charge in [-0.15, -0.1) is 0 Å². The van der Waals surface area contributed by atoms with Gasteiger partial charge in [-0.05, 0) is 26.8 Å². The van der Waals surface area contributed by atoms with Crippen LogP contribution in [0.3, 0.4) is 0 Å². The molecule has 0 aliphatic carbocycles. The molecule has 1 aliphatic heterocycles. The second-order valence-electron chi connectivity index (χ2n) is 4.10. The monoisotopic (exact) mass is 180 g/mol. The Morgan fingerprint density at radius 2 is 2.08 bits per heavy atom. The van der Waals surface area contributed by atoms with Gasteiger partial charge in [0.1, 0.15) is 0 Å². The van der Waals surface area contributed by atoms with E-state index >= 15 is 0 Å². The zero-order valence-electron chi connectivity index (χ0n) is 8.37. The summed E-state index contributed by atoms with van der Waals surface area (Å²) < 4.78 is 0. The van der Waals surface area contributed by atoms with Crippen molar-refractivity contribution in [2.75, 3.05) is 6.54 Å². The minimum absolute atomic E-state index is 0.0481. The molecule has 3 heteroatoms. The first-order valence-electron chi connectivity index (χ1n) is 4.41. The van der Waals surface area contributed by atoms with Gasteiger partial charge in [0.25, 0.3) is 0 Å². The lowest BCUT2D eigenvalue weighted by atomic mass is 10.1. The van der Waals surface area contributed by atoms with Crippen LogP contribution in [0.2, 0.25) is 0 Å². The first-order valence-corrected chi connectivity index (χ1v) is 4.41. The molecule has 0 atom stereocenters. The fraction of sp³-hybridized carbons (Fsp3) is 0.500. The van der Waals surface area contributed by atoms with Crippen LogP contribution in [0.5, 0.6) is 0 Å². The fourth-order valence-electron chi connectivity index (χ4n) is 1.01. The highest BCUT2D eigenvalue weighted by Gasteiger charge is 2.17. The molecule has 3 nitrogen and oxygen atoms in total. The molecule has 1 aliphatic rings. The van der Waals surface area contributed by atoms with Crippen molar-refractivity contribution in [2.45, 2.75) is 26.3 Å². The van der Waals surface area contributed by atoms with E-state index in [0.717, 1.165) is 0 Å². The molecule has 0 spiro atoms. The molecule has 0 saturated carbocycles. The number of allylic oxidation sites excluding steroid dienone is 2. The molecule has 0 unspecified atom stereocenters. The minimum Gasteiger partial charge on any atom is -0.333 e. The molecule has 0 aromatic rings. The summed E-state index contributed by atoms with van der Waals surface area (Å²) in [6, 6.07) is -0.0481. The molecule has 13 heavy (non-hydrogen) atoms. The van der Waals surface area contributed by atoms with Crippen LogP contribution >= 0.6 is 0 Å². The minimum atomic E-state index is -0.175. The Bertz CT molecular complexity index is 248. The van der Waals surface area contributed by atoms with Crippen molar-refractivity contribution >= 4 is 6.03 Å². The van der Waals surface area contributed by atoms with E-state index in [4.69, 9.17) is 0 Å². The Balaban J connectivity index is 2.49. The van der Waals surface area contributed by atoms with Crippen molar-refractivity contribution in [3.05, 3.63) is 24.4 Å². The number of hydrogen-bond acceptors (Lipinski definition) is 1. The van der Waals surface area contributed by atoms with Crippen LogP contribution in [0.1, 0.15) is 20.8 Å². The number of rotatable bonds is 0. The van der Waals surface area contributed by atoms with Gasteiger partial charge in [-0.1, -0.05) is 12.2 Å². The quantitative estimate of drug-likeness (QED) is 0.606. The Kier molecular flexibility index (Phi) is 2.76. The van der Waals surface area contributed by atoms with Crippen LogP contribution in [-0.2, 0) is 0 Å². The van der Waals surface area contributed by atoms with E-state index in [1.54, 1.807) is 11.1 Å². The zero-order valence-corrected chi connectivity index (χ0v) is 8.37. The molecule has 0 aromatic carbocycles. The highest BCUT2D eigenvalue weighted by Crippen LogP contribution is 2.03. The molecule has 1 heterocycles. The van der Waals surface area contributed by atoms with Crippen molar-refractivity contribution in [3.63, 3.8) is 0 Å². The number of nitrogens with one attached hydrogen (secondary N) is 1. The SMILES string of the molecule is CC(C)(C)NC(=O)N1C=CC=CC1. The first kappa shape index (κ1) is 9.84. The number of carbonyl (C=O) groups excluding carboxylic acids is 1. The van der Waals surface area contributed by atoms with E-state index in [1.807, 2.05) is 39.0 Å². The average Bonchev–Trinajstić information content (AvgIpc) is 2.03. The van der Waals surface area contributed by atoms with Crippen LogP contribution in [0, 0.1) is 0 Å². The topological polar surface area (TPSA) is 32.3 Å². The first-order chi connectivity index (χ1) is 5.99. The van der Waals surface area contributed by atoms with Gasteiger partial charge >= 0.3 is 6.03 Å². The molecule has 2 amide bonds. The number of nitrogens with zero attached hydrogens (tertiary/aromatic N) is 1. The Morgan fingerprint density at radius 3 is 2.54 bits per heavy atom. The number of urea groups is 1. The van der Waals surface area contributed by atoms with E-state index in [9.17, 15) is 4.79 Å². The molecule has 0 fully saturated rings. The van der Waals surface area contributed by atoms with E-state index in [0.29, 0.717) is 6.54 Å². The third-order valence-electron chi connectivity index (χ3n) is 1.56. The normalized spacial score (nSPS) is 16.1. The predicted octanol–water partition coefficient (Wildman–Crippen LogP) is 1.88. The Hall–Kier alpha value is -1.25. The Labute approximate surface area is 79.1 Å². The van der Waals surface area contributed by atoms with E-state index < -0.39 is 0 Å². The van der Waals surface area contributed by atoms with Crippen molar-refractivity contribution in [3.8, 4) is 0 Å². The second kappa shape index (κ2) is 3.64. The third kappa shape index (κ3) is 3.32.